The van der Waals surface area contributed by atoms with Crippen LogP contribution in [0.3, 0.4) is 0 Å². The van der Waals surface area contributed by atoms with Crippen molar-refractivity contribution in [3.63, 3.8) is 0 Å². The summed E-state index contributed by atoms with van der Waals surface area (Å²) in [6.07, 6.45) is 0. The Morgan fingerprint density at radius 2 is 2.38 bits per heavy atom. The molecule has 1 atom stereocenters. The summed E-state index contributed by atoms with van der Waals surface area (Å²) in [5, 5.41) is 2.80. The second-order valence-corrected chi connectivity index (χ2v) is 3.54. The quantitative estimate of drug-likeness (QED) is 0.722. The number of methoxy groups -OCH3 is 1. The Hall–Kier alpha value is -1.73. The van der Waals surface area contributed by atoms with E-state index < -0.39 is 6.04 Å². The summed E-state index contributed by atoms with van der Waals surface area (Å²) in [7, 11) is 1.55. The average Bonchev–Trinajstić information content (AvgIpc) is 2.62. The summed E-state index contributed by atoms with van der Waals surface area (Å²) in [4.78, 5) is 19.8. The molecule has 2 aromatic heterocycles. The smallest absolute Gasteiger partial charge is 0.274 e. The van der Waals surface area contributed by atoms with Gasteiger partial charge in [-0.05, 0) is 6.92 Å². The van der Waals surface area contributed by atoms with Crippen molar-refractivity contribution >= 4 is 5.78 Å². The predicted molar refractivity (Wildman–Crippen MR) is 57.1 cm³/mol. The maximum Gasteiger partial charge on any atom is 0.274 e. The third kappa shape index (κ3) is 1.82. The van der Waals surface area contributed by atoms with Crippen LogP contribution in [-0.4, -0.2) is 33.3 Å². The minimum Gasteiger partial charge on any atom is -0.383 e. The lowest BCUT2D eigenvalue weighted by atomic mass is 10.3. The Labute approximate surface area is 91.3 Å². The molecule has 86 valence electrons. The minimum atomic E-state index is -0.397. The molecule has 0 amide bonds. The van der Waals surface area contributed by atoms with Gasteiger partial charge in [0.15, 0.2) is 0 Å². The summed E-state index contributed by atoms with van der Waals surface area (Å²) < 4.78 is 6.18. The molecule has 0 spiro atoms. The third-order valence-electron chi connectivity index (χ3n) is 2.17. The van der Waals surface area contributed by atoms with Crippen molar-refractivity contribution < 1.29 is 4.74 Å². The molecule has 0 aliphatic heterocycles. The average molecular weight is 223 g/mol. The summed E-state index contributed by atoms with van der Waals surface area (Å²) in [6.45, 7) is 2.07. The molecule has 7 heteroatoms. The van der Waals surface area contributed by atoms with E-state index in [4.69, 9.17) is 10.5 Å². The lowest BCUT2D eigenvalue weighted by molar-refractivity contribution is 0.178. The maximum absolute atomic E-state index is 11.6. The second-order valence-electron chi connectivity index (χ2n) is 3.54. The first-order valence-corrected chi connectivity index (χ1v) is 4.82. The van der Waals surface area contributed by atoms with Crippen LogP contribution >= 0.6 is 0 Å². The Morgan fingerprint density at radius 3 is 3.06 bits per heavy atom. The molecule has 0 saturated heterocycles. The normalized spacial score (nSPS) is 13.2. The van der Waals surface area contributed by atoms with Gasteiger partial charge < -0.3 is 10.5 Å². The van der Waals surface area contributed by atoms with Gasteiger partial charge in [-0.2, -0.15) is 9.50 Å². The molecular formula is C9H13N5O2. The Balaban J connectivity index is 2.51. The number of fused-ring (bicyclic) bond motifs is 1. The largest absolute Gasteiger partial charge is 0.383 e. The Bertz CT molecular complexity index is 559. The molecule has 16 heavy (non-hydrogen) atoms. The number of H-pyrrole nitrogens is 1. The van der Waals surface area contributed by atoms with Crippen molar-refractivity contribution in [2.75, 3.05) is 13.7 Å². The van der Waals surface area contributed by atoms with Gasteiger partial charge in [-0.15, -0.1) is 0 Å². The third-order valence-corrected chi connectivity index (χ3v) is 2.17. The molecule has 0 fully saturated rings. The predicted octanol–water partition coefficient (Wildman–Crippen LogP) is -0.628. The van der Waals surface area contributed by atoms with Crippen molar-refractivity contribution in [3.8, 4) is 0 Å². The van der Waals surface area contributed by atoms with Gasteiger partial charge in [-0.25, -0.2) is 4.98 Å². The van der Waals surface area contributed by atoms with Crippen molar-refractivity contribution in [2.24, 2.45) is 5.73 Å². The number of rotatable bonds is 3. The van der Waals surface area contributed by atoms with E-state index in [9.17, 15) is 4.79 Å². The van der Waals surface area contributed by atoms with Gasteiger partial charge in [0.05, 0.1) is 12.6 Å². The first-order valence-electron chi connectivity index (χ1n) is 4.82. The molecular weight excluding hydrogens is 210 g/mol. The summed E-state index contributed by atoms with van der Waals surface area (Å²) in [6, 6.07) is 1.03. The number of aryl methyl sites for hydroxylation is 1. The minimum absolute atomic E-state index is 0.203. The summed E-state index contributed by atoms with van der Waals surface area (Å²) in [5.41, 5.74) is 6.22. The van der Waals surface area contributed by atoms with Crippen LogP contribution in [0.2, 0.25) is 0 Å². The van der Waals surface area contributed by atoms with Crippen molar-refractivity contribution in [1.29, 1.82) is 0 Å². The van der Waals surface area contributed by atoms with Crippen LogP contribution in [0.1, 0.15) is 17.6 Å². The number of nitrogens with one attached hydrogen (secondary N) is 1. The molecule has 2 rings (SSSR count). The first kappa shape index (κ1) is 10.8. The summed E-state index contributed by atoms with van der Waals surface area (Å²) >= 11 is 0. The van der Waals surface area contributed by atoms with Crippen molar-refractivity contribution in [1.82, 2.24) is 19.6 Å². The summed E-state index contributed by atoms with van der Waals surface area (Å²) in [5.74, 6) is 0.809. The van der Waals surface area contributed by atoms with Crippen LogP contribution < -0.4 is 11.3 Å². The van der Waals surface area contributed by atoms with E-state index in [1.54, 1.807) is 14.0 Å². The van der Waals surface area contributed by atoms with Crippen LogP contribution in [0.4, 0.5) is 0 Å². The molecule has 1 unspecified atom stereocenters. The molecule has 0 aromatic carbocycles. The molecule has 0 radical (unpaired) electrons. The van der Waals surface area contributed by atoms with Crippen LogP contribution in [0, 0.1) is 6.92 Å². The van der Waals surface area contributed by atoms with E-state index in [0.717, 1.165) is 0 Å². The SMILES string of the molecule is COCC(N)c1nc2nc(C)cc(=O)n2[nH]1. The van der Waals surface area contributed by atoms with Gasteiger partial charge in [-0.3, -0.25) is 9.89 Å². The Morgan fingerprint density at radius 1 is 1.62 bits per heavy atom. The number of aromatic nitrogens is 4. The van der Waals surface area contributed by atoms with E-state index in [0.29, 0.717) is 23.9 Å². The standard InChI is InChI=1S/C9H13N5O2/c1-5-3-7(15)14-9(11-5)12-8(13-14)6(10)4-16-2/h3,6H,4,10H2,1-2H3,(H,11,12,13). The second kappa shape index (κ2) is 4.03. The number of aromatic amines is 1. The topological polar surface area (TPSA) is 98.3 Å². The van der Waals surface area contributed by atoms with E-state index in [2.05, 4.69) is 15.1 Å². The number of hydrogen-bond donors (Lipinski definition) is 2. The highest BCUT2D eigenvalue weighted by molar-refractivity contribution is 5.28. The number of nitrogens with zero attached hydrogens (tertiary/aromatic N) is 3. The van der Waals surface area contributed by atoms with Gasteiger partial charge >= 0.3 is 0 Å². The first-order chi connectivity index (χ1) is 7.61. The van der Waals surface area contributed by atoms with Crippen molar-refractivity contribution in [2.45, 2.75) is 13.0 Å². The lowest BCUT2D eigenvalue weighted by Gasteiger charge is -2.04. The van der Waals surface area contributed by atoms with E-state index >= 15 is 0 Å². The van der Waals surface area contributed by atoms with Gasteiger partial charge in [0.25, 0.3) is 11.3 Å². The highest BCUT2D eigenvalue weighted by Crippen LogP contribution is 2.05. The van der Waals surface area contributed by atoms with Crippen LogP contribution in [-0.2, 0) is 4.74 Å². The monoisotopic (exact) mass is 223 g/mol. The lowest BCUT2D eigenvalue weighted by Crippen LogP contribution is -2.19. The van der Waals surface area contributed by atoms with Crippen LogP contribution in [0.25, 0.3) is 5.78 Å². The maximum atomic E-state index is 11.6. The number of ether oxygens (including phenoxy) is 1. The van der Waals surface area contributed by atoms with Gasteiger partial charge in [0.1, 0.15) is 5.82 Å². The highest BCUT2D eigenvalue weighted by Gasteiger charge is 2.12. The molecule has 7 nitrogen and oxygen atoms in total. The zero-order valence-corrected chi connectivity index (χ0v) is 9.10. The van der Waals surface area contributed by atoms with E-state index in [1.807, 2.05) is 0 Å². The fourth-order valence-corrected chi connectivity index (χ4v) is 1.43. The fourth-order valence-electron chi connectivity index (χ4n) is 1.43. The van der Waals surface area contributed by atoms with E-state index in [-0.39, 0.29) is 5.56 Å². The number of nitrogens with two attached hydrogens (primary N) is 1. The van der Waals surface area contributed by atoms with Crippen LogP contribution in [0.5, 0.6) is 0 Å². The van der Waals surface area contributed by atoms with Crippen molar-refractivity contribution in [3.05, 3.63) is 27.9 Å². The molecule has 3 N–H and O–H groups in total. The van der Waals surface area contributed by atoms with Gasteiger partial charge in [-0.1, -0.05) is 0 Å². The molecule has 0 aliphatic rings. The molecule has 0 bridgehead atoms. The molecule has 0 saturated carbocycles. The van der Waals surface area contributed by atoms with E-state index in [1.165, 1.54) is 10.6 Å². The van der Waals surface area contributed by atoms with Gasteiger partial charge in [0.2, 0.25) is 0 Å². The molecule has 0 aliphatic carbocycles. The van der Waals surface area contributed by atoms with Crippen LogP contribution in [0.15, 0.2) is 10.9 Å². The molecule has 2 heterocycles. The molecule has 2 aromatic rings. The van der Waals surface area contributed by atoms with Gasteiger partial charge in [0, 0.05) is 18.9 Å². The number of hydrogen-bond acceptors (Lipinski definition) is 5. The highest BCUT2D eigenvalue weighted by atomic mass is 16.5. The Kier molecular flexibility index (Phi) is 2.71. The zero-order chi connectivity index (χ0) is 11.7. The fraction of sp³-hybridized carbons (Fsp3) is 0.444. The zero-order valence-electron chi connectivity index (χ0n) is 9.10.